The van der Waals surface area contributed by atoms with Crippen LogP contribution in [0.15, 0.2) is 65.3 Å². The minimum atomic E-state index is -0.0139. The lowest BCUT2D eigenvalue weighted by Crippen LogP contribution is -2.30. The first-order valence-corrected chi connectivity index (χ1v) is 9.68. The molecule has 28 heavy (non-hydrogen) atoms. The minimum absolute atomic E-state index is 0.0139. The molecule has 0 radical (unpaired) electrons. The molecule has 3 aromatic rings. The first-order valence-electron chi connectivity index (χ1n) is 9.68. The molecule has 1 amide bonds. The smallest absolute Gasteiger partial charge is 0.259 e. The van der Waals surface area contributed by atoms with Crippen molar-refractivity contribution < 1.29 is 9.32 Å². The first kappa shape index (κ1) is 18.4. The zero-order chi connectivity index (χ0) is 19.5. The van der Waals surface area contributed by atoms with Crippen LogP contribution in [0.3, 0.4) is 0 Å². The zero-order valence-corrected chi connectivity index (χ0v) is 16.3. The third kappa shape index (κ3) is 3.71. The number of benzene rings is 2. The van der Waals surface area contributed by atoms with Crippen molar-refractivity contribution in [2.45, 2.75) is 25.4 Å². The Morgan fingerprint density at radius 1 is 1.14 bits per heavy atom. The van der Waals surface area contributed by atoms with Gasteiger partial charge < -0.3 is 14.3 Å². The average Bonchev–Trinajstić information content (AvgIpc) is 3.38. The molecule has 5 nitrogen and oxygen atoms in total. The normalized spacial score (nSPS) is 16.7. The van der Waals surface area contributed by atoms with E-state index in [1.54, 1.807) is 6.20 Å². The number of rotatable bonds is 5. The number of nitrogens with zero attached hydrogens (tertiary/aromatic N) is 3. The minimum Gasteiger partial charge on any atom is -0.355 e. The van der Waals surface area contributed by atoms with Crippen molar-refractivity contribution in [1.82, 2.24) is 15.0 Å². The molecule has 0 aliphatic carbocycles. The summed E-state index contributed by atoms with van der Waals surface area (Å²) < 4.78 is 5.42. The second-order valence-corrected chi connectivity index (χ2v) is 7.57. The fraction of sp³-hybridized carbons (Fsp3) is 0.304. The van der Waals surface area contributed by atoms with E-state index in [1.165, 1.54) is 11.1 Å². The standard InChI is InChI=1S/C23H25N3O2/c1-25(2)16-17-10-12-18(13-11-17)21-9-6-14-26(21)23(27)20-15-24-28-22(20)19-7-4-3-5-8-19/h3-5,7-8,10-13,15,21H,6,9,14,16H2,1-2H3. The van der Waals surface area contributed by atoms with Gasteiger partial charge in [0.2, 0.25) is 0 Å². The van der Waals surface area contributed by atoms with E-state index < -0.39 is 0 Å². The van der Waals surface area contributed by atoms with E-state index in [-0.39, 0.29) is 11.9 Å². The lowest BCUT2D eigenvalue weighted by Gasteiger charge is -2.25. The number of carbonyl (C=O) groups is 1. The maximum Gasteiger partial charge on any atom is 0.259 e. The highest BCUT2D eigenvalue weighted by Gasteiger charge is 2.33. The Morgan fingerprint density at radius 3 is 2.61 bits per heavy atom. The summed E-state index contributed by atoms with van der Waals surface area (Å²) in [6, 6.07) is 18.4. The van der Waals surface area contributed by atoms with Crippen LogP contribution < -0.4 is 0 Å². The lowest BCUT2D eigenvalue weighted by molar-refractivity contribution is 0.0736. The van der Waals surface area contributed by atoms with Crippen LogP contribution in [0.1, 0.15) is 40.4 Å². The van der Waals surface area contributed by atoms with E-state index in [0.29, 0.717) is 11.3 Å². The highest BCUT2D eigenvalue weighted by atomic mass is 16.5. The summed E-state index contributed by atoms with van der Waals surface area (Å²) in [6.45, 7) is 1.66. The summed E-state index contributed by atoms with van der Waals surface area (Å²) in [5.74, 6) is 0.526. The summed E-state index contributed by atoms with van der Waals surface area (Å²) >= 11 is 0. The molecule has 0 N–H and O–H groups in total. The molecule has 2 aromatic carbocycles. The molecular weight excluding hydrogens is 350 g/mol. The predicted molar refractivity (Wildman–Crippen MR) is 109 cm³/mol. The molecule has 1 aromatic heterocycles. The van der Waals surface area contributed by atoms with Gasteiger partial charge >= 0.3 is 0 Å². The van der Waals surface area contributed by atoms with Crippen LogP contribution in [0.4, 0.5) is 0 Å². The molecule has 0 saturated carbocycles. The molecule has 0 spiro atoms. The van der Waals surface area contributed by atoms with E-state index in [4.69, 9.17) is 4.52 Å². The molecule has 0 bridgehead atoms. The third-order valence-corrected chi connectivity index (χ3v) is 5.21. The summed E-state index contributed by atoms with van der Waals surface area (Å²) in [7, 11) is 4.13. The molecule has 1 aliphatic heterocycles. The third-order valence-electron chi connectivity index (χ3n) is 5.21. The Bertz CT molecular complexity index is 932. The van der Waals surface area contributed by atoms with Crippen LogP contribution in [0.2, 0.25) is 0 Å². The lowest BCUT2D eigenvalue weighted by atomic mass is 10.0. The van der Waals surface area contributed by atoms with Gasteiger partial charge in [0.05, 0.1) is 12.2 Å². The maximum atomic E-state index is 13.3. The van der Waals surface area contributed by atoms with E-state index in [2.05, 4.69) is 48.4 Å². The SMILES string of the molecule is CN(C)Cc1ccc(C2CCCN2C(=O)c2cnoc2-c2ccccc2)cc1. The van der Waals surface area contributed by atoms with Crippen molar-refractivity contribution in [3.8, 4) is 11.3 Å². The molecule has 144 valence electrons. The fourth-order valence-electron chi connectivity index (χ4n) is 3.91. The molecular formula is C23H25N3O2. The molecule has 1 fully saturated rings. The van der Waals surface area contributed by atoms with Gasteiger partial charge in [0.15, 0.2) is 5.76 Å². The van der Waals surface area contributed by atoms with Crippen LogP contribution in [0.5, 0.6) is 0 Å². The van der Waals surface area contributed by atoms with Gasteiger partial charge in [0.1, 0.15) is 5.56 Å². The second kappa shape index (κ2) is 7.98. The number of hydrogen-bond donors (Lipinski definition) is 0. The van der Waals surface area contributed by atoms with Crippen LogP contribution in [0, 0.1) is 0 Å². The topological polar surface area (TPSA) is 49.6 Å². The summed E-state index contributed by atoms with van der Waals surface area (Å²) in [5.41, 5.74) is 3.86. The van der Waals surface area contributed by atoms with Crippen LogP contribution in [0.25, 0.3) is 11.3 Å². The Hall–Kier alpha value is -2.92. The van der Waals surface area contributed by atoms with Crippen molar-refractivity contribution in [2.75, 3.05) is 20.6 Å². The van der Waals surface area contributed by atoms with Crippen molar-refractivity contribution in [1.29, 1.82) is 0 Å². The van der Waals surface area contributed by atoms with Gasteiger partial charge in [-0.25, -0.2) is 0 Å². The van der Waals surface area contributed by atoms with Gasteiger partial charge in [-0.2, -0.15) is 0 Å². The molecule has 1 atom stereocenters. The zero-order valence-electron chi connectivity index (χ0n) is 16.3. The number of likely N-dealkylation sites (tertiary alicyclic amines) is 1. The predicted octanol–water partition coefficient (Wildman–Crippen LogP) is 4.38. The molecule has 5 heteroatoms. The van der Waals surface area contributed by atoms with E-state index >= 15 is 0 Å². The van der Waals surface area contributed by atoms with Crippen molar-refractivity contribution in [3.63, 3.8) is 0 Å². The van der Waals surface area contributed by atoms with Crippen LogP contribution >= 0.6 is 0 Å². The van der Waals surface area contributed by atoms with Gasteiger partial charge in [0, 0.05) is 18.7 Å². The molecule has 4 rings (SSSR count). The van der Waals surface area contributed by atoms with E-state index in [9.17, 15) is 4.79 Å². The molecule has 1 saturated heterocycles. The Balaban J connectivity index is 1.58. The number of carbonyl (C=O) groups excluding carboxylic acids is 1. The highest BCUT2D eigenvalue weighted by Crippen LogP contribution is 2.35. The number of hydrogen-bond acceptors (Lipinski definition) is 4. The maximum absolute atomic E-state index is 13.3. The first-order chi connectivity index (χ1) is 13.6. The number of aromatic nitrogens is 1. The Kier molecular flexibility index (Phi) is 5.26. The van der Waals surface area contributed by atoms with Crippen LogP contribution in [-0.2, 0) is 6.54 Å². The van der Waals surface area contributed by atoms with Crippen molar-refractivity contribution >= 4 is 5.91 Å². The summed E-state index contributed by atoms with van der Waals surface area (Å²) in [5, 5.41) is 3.90. The summed E-state index contributed by atoms with van der Waals surface area (Å²) in [4.78, 5) is 17.4. The van der Waals surface area contributed by atoms with Crippen LogP contribution in [-0.4, -0.2) is 41.5 Å². The monoisotopic (exact) mass is 375 g/mol. The molecule has 2 heterocycles. The van der Waals surface area contributed by atoms with Gasteiger partial charge in [-0.15, -0.1) is 0 Å². The second-order valence-electron chi connectivity index (χ2n) is 7.57. The van der Waals surface area contributed by atoms with Crippen molar-refractivity contribution in [3.05, 3.63) is 77.5 Å². The Labute approximate surface area is 165 Å². The van der Waals surface area contributed by atoms with E-state index in [1.807, 2.05) is 35.2 Å². The van der Waals surface area contributed by atoms with Gasteiger partial charge in [-0.1, -0.05) is 59.8 Å². The highest BCUT2D eigenvalue weighted by molar-refractivity contribution is 5.99. The summed E-state index contributed by atoms with van der Waals surface area (Å²) in [6.07, 6.45) is 3.52. The average molecular weight is 375 g/mol. The number of amides is 1. The fourth-order valence-corrected chi connectivity index (χ4v) is 3.91. The molecule has 1 aliphatic rings. The quantitative estimate of drug-likeness (QED) is 0.664. The Morgan fingerprint density at radius 2 is 1.89 bits per heavy atom. The largest absolute Gasteiger partial charge is 0.355 e. The van der Waals surface area contributed by atoms with Gasteiger partial charge in [0.25, 0.3) is 5.91 Å². The van der Waals surface area contributed by atoms with Gasteiger partial charge in [-0.05, 0) is 38.1 Å². The van der Waals surface area contributed by atoms with E-state index in [0.717, 1.165) is 31.5 Å². The molecule has 1 unspecified atom stereocenters. The van der Waals surface area contributed by atoms with Crippen molar-refractivity contribution in [2.24, 2.45) is 0 Å². The van der Waals surface area contributed by atoms with Gasteiger partial charge in [-0.3, -0.25) is 4.79 Å².